The Morgan fingerprint density at radius 3 is 1.87 bits per heavy atom. The number of carboxylic acid groups (broad SMARTS) is 1. The highest BCUT2D eigenvalue weighted by Gasteiger charge is 2.42. The van der Waals surface area contributed by atoms with E-state index in [0.717, 1.165) is 15.4 Å². The van der Waals surface area contributed by atoms with Gasteiger partial charge >= 0.3 is 5.97 Å². The molecule has 0 radical (unpaired) electrons. The van der Waals surface area contributed by atoms with Crippen LogP contribution in [-0.4, -0.2) is 32.4 Å². The number of rotatable bonds is 5. The van der Waals surface area contributed by atoms with Gasteiger partial charge in [-0.05, 0) is 24.6 Å². The van der Waals surface area contributed by atoms with E-state index in [0.29, 0.717) is 33.6 Å². The largest absolute Gasteiger partial charge is 0.497 e. The first-order chi connectivity index (χ1) is 14.5. The van der Waals surface area contributed by atoms with Crippen molar-refractivity contribution in [2.75, 3.05) is 21.3 Å². The number of aromatic carboxylic acids is 1. The maximum Gasteiger partial charge on any atom is 0.340 e. The molecular weight excluding hydrogens is 404 g/mol. The number of carboxylic acids is 1. The zero-order valence-electron chi connectivity index (χ0n) is 17.0. The van der Waals surface area contributed by atoms with Crippen LogP contribution in [0.15, 0.2) is 63.2 Å². The molecule has 0 aromatic heterocycles. The number of benzene rings is 3. The van der Waals surface area contributed by atoms with Crippen molar-refractivity contribution in [2.45, 2.75) is 21.6 Å². The van der Waals surface area contributed by atoms with Crippen LogP contribution < -0.4 is 18.9 Å². The van der Waals surface area contributed by atoms with Crippen LogP contribution in [0.5, 0.6) is 28.7 Å². The van der Waals surface area contributed by atoms with Gasteiger partial charge in [-0.2, -0.15) is 0 Å². The fraction of sp³-hybridized carbons (Fsp3) is 0.174. The second kappa shape index (κ2) is 7.84. The number of aryl methyl sites for hydroxylation is 1. The van der Waals surface area contributed by atoms with Gasteiger partial charge in [0.2, 0.25) is 9.79 Å². The summed E-state index contributed by atoms with van der Waals surface area (Å²) in [6, 6.07) is 14.7. The van der Waals surface area contributed by atoms with Crippen molar-refractivity contribution in [1.82, 2.24) is 0 Å². The van der Waals surface area contributed by atoms with Crippen molar-refractivity contribution in [3.05, 3.63) is 59.7 Å². The van der Waals surface area contributed by atoms with Gasteiger partial charge in [-0.25, -0.2) is 4.79 Å². The maximum absolute atomic E-state index is 12.1. The Morgan fingerprint density at radius 2 is 1.40 bits per heavy atom. The number of hydrogen-bond donors (Lipinski definition) is 1. The predicted octanol–water partition coefficient (Wildman–Crippen LogP) is 4.92. The van der Waals surface area contributed by atoms with Gasteiger partial charge in [-0.1, -0.05) is 0 Å². The van der Waals surface area contributed by atoms with Gasteiger partial charge in [-0.15, -0.1) is 0 Å². The lowest BCUT2D eigenvalue weighted by molar-refractivity contribution is 0.0692. The summed E-state index contributed by atoms with van der Waals surface area (Å²) in [5.41, 5.74) is 1.06. The zero-order chi connectivity index (χ0) is 21.4. The van der Waals surface area contributed by atoms with Gasteiger partial charge in [0.15, 0.2) is 16.4 Å². The minimum absolute atomic E-state index is 0.200. The molecule has 3 aromatic rings. The third kappa shape index (κ3) is 3.31. The lowest BCUT2D eigenvalue weighted by Crippen LogP contribution is -2.16. The average molecular weight is 425 g/mol. The van der Waals surface area contributed by atoms with Gasteiger partial charge in [-0.3, -0.25) is 0 Å². The number of hydrogen-bond acceptors (Lipinski definition) is 5. The van der Waals surface area contributed by atoms with Gasteiger partial charge in [0.05, 0.1) is 21.3 Å². The molecule has 1 heterocycles. The van der Waals surface area contributed by atoms with E-state index in [2.05, 4.69) is 0 Å². The van der Waals surface area contributed by atoms with Crippen LogP contribution in [0.4, 0.5) is 0 Å². The monoisotopic (exact) mass is 425 g/mol. The van der Waals surface area contributed by atoms with Crippen molar-refractivity contribution >= 4 is 16.9 Å². The molecule has 0 amide bonds. The van der Waals surface area contributed by atoms with Gasteiger partial charge < -0.3 is 24.1 Å². The molecule has 0 fully saturated rings. The van der Waals surface area contributed by atoms with Crippen LogP contribution in [0.1, 0.15) is 15.9 Å². The summed E-state index contributed by atoms with van der Waals surface area (Å²) in [6.07, 6.45) is 0. The van der Waals surface area contributed by atoms with E-state index >= 15 is 0 Å². The summed E-state index contributed by atoms with van der Waals surface area (Å²) in [4.78, 5) is 14.6. The number of carbonyl (C=O) groups is 1. The third-order valence-electron chi connectivity index (χ3n) is 4.91. The van der Waals surface area contributed by atoms with Crippen LogP contribution in [0.3, 0.4) is 0 Å². The molecule has 30 heavy (non-hydrogen) atoms. The summed E-state index contributed by atoms with van der Waals surface area (Å²) >= 11 is 0. The van der Waals surface area contributed by atoms with Crippen molar-refractivity contribution in [1.29, 1.82) is 0 Å². The Morgan fingerprint density at radius 1 is 0.833 bits per heavy atom. The van der Waals surface area contributed by atoms with Gasteiger partial charge in [0.1, 0.15) is 33.7 Å². The van der Waals surface area contributed by atoms with Crippen LogP contribution in [0.2, 0.25) is 0 Å². The molecule has 0 aliphatic carbocycles. The smallest absolute Gasteiger partial charge is 0.340 e. The van der Waals surface area contributed by atoms with E-state index in [1.165, 1.54) is 7.11 Å². The van der Waals surface area contributed by atoms with Crippen LogP contribution in [0, 0.1) is 6.92 Å². The third-order valence-corrected chi connectivity index (χ3v) is 7.24. The minimum atomic E-state index is -1.01. The zero-order valence-corrected chi connectivity index (χ0v) is 17.8. The molecule has 0 bridgehead atoms. The lowest BCUT2D eigenvalue weighted by atomic mass is 10.1. The second-order valence-electron chi connectivity index (χ2n) is 6.66. The van der Waals surface area contributed by atoms with Crippen molar-refractivity contribution in [3.8, 4) is 28.7 Å². The molecule has 0 saturated carbocycles. The molecule has 1 aliphatic heterocycles. The summed E-state index contributed by atoms with van der Waals surface area (Å²) < 4.78 is 22.2. The van der Waals surface area contributed by atoms with E-state index in [-0.39, 0.29) is 5.56 Å². The summed E-state index contributed by atoms with van der Waals surface area (Å²) in [5.74, 6) is 2.11. The highest BCUT2D eigenvalue weighted by atomic mass is 32.2. The number of methoxy groups -OCH3 is 3. The molecule has 1 aliphatic rings. The topological polar surface area (TPSA) is 74.2 Å². The Kier molecular flexibility index (Phi) is 5.22. The number of ether oxygens (including phenoxy) is 4. The lowest BCUT2D eigenvalue weighted by Gasteiger charge is -2.22. The minimum Gasteiger partial charge on any atom is -0.497 e. The Balaban J connectivity index is 2.01. The molecule has 0 spiro atoms. The van der Waals surface area contributed by atoms with E-state index in [1.807, 2.05) is 49.4 Å². The van der Waals surface area contributed by atoms with Crippen LogP contribution in [-0.2, 0) is 10.9 Å². The summed E-state index contributed by atoms with van der Waals surface area (Å²) in [5, 5.41) is 9.95. The van der Waals surface area contributed by atoms with Crippen molar-refractivity contribution in [3.63, 3.8) is 0 Å². The predicted molar refractivity (Wildman–Crippen MR) is 113 cm³/mol. The van der Waals surface area contributed by atoms with E-state index < -0.39 is 16.9 Å². The normalized spacial score (nSPS) is 12.4. The van der Waals surface area contributed by atoms with E-state index in [9.17, 15) is 9.90 Å². The molecule has 3 aromatic carbocycles. The molecule has 0 atom stereocenters. The fourth-order valence-corrected chi connectivity index (χ4v) is 5.80. The first-order valence-electron chi connectivity index (χ1n) is 9.17. The second-order valence-corrected chi connectivity index (χ2v) is 8.59. The Hall–Kier alpha value is -3.32. The number of fused-ring (bicyclic) bond motifs is 2. The van der Waals surface area contributed by atoms with E-state index in [1.54, 1.807) is 20.3 Å². The highest BCUT2D eigenvalue weighted by Crippen LogP contribution is 2.50. The molecule has 0 saturated heterocycles. The maximum atomic E-state index is 12.1. The first kappa shape index (κ1) is 20.0. The van der Waals surface area contributed by atoms with Crippen molar-refractivity contribution in [2.24, 2.45) is 0 Å². The SMILES string of the molecule is COc1ccc2c(c1)Oc1cc(OC)ccc1[S+]2c1cc(C)c(OC)cc1C(=O)O. The van der Waals surface area contributed by atoms with Crippen LogP contribution >= 0.6 is 0 Å². The molecule has 0 unspecified atom stereocenters. The molecular formula is C23H21O6S+. The van der Waals surface area contributed by atoms with Crippen molar-refractivity contribution < 1.29 is 28.8 Å². The standard InChI is InChI=1S/C23H20O6S/c1-13-9-22(16(23(24)25)12-17(13)28-4)30-20-7-5-14(26-2)10-18(20)29-19-11-15(27-3)6-8-21(19)30/h5-12H,1-4H3/p+1. The average Bonchev–Trinajstić information content (AvgIpc) is 2.76. The Labute approximate surface area is 177 Å². The quantitative estimate of drug-likeness (QED) is 0.458. The van der Waals surface area contributed by atoms with E-state index in [4.69, 9.17) is 18.9 Å². The molecule has 154 valence electrons. The first-order valence-corrected chi connectivity index (χ1v) is 10.4. The molecule has 4 rings (SSSR count). The molecule has 1 N–H and O–H groups in total. The Bertz CT molecular complexity index is 1090. The summed E-state index contributed by atoms with van der Waals surface area (Å²) in [6.45, 7) is 1.90. The highest BCUT2D eigenvalue weighted by molar-refractivity contribution is 7.97. The van der Waals surface area contributed by atoms with Crippen LogP contribution in [0.25, 0.3) is 0 Å². The fourth-order valence-electron chi connectivity index (χ4n) is 3.42. The summed E-state index contributed by atoms with van der Waals surface area (Å²) in [7, 11) is 4.02. The molecule has 7 heteroatoms. The molecule has 6 nitrogen and oxygen atoms in total. The van der Waals surface area contributed by atoms with Gasteiger partial charge in [0.25, 0.3) is 0 Å². The van der Waals surface area contributed by atoms with Gasteiger partial charge in [0, 0.05) is 36.4 Å².